The van der Waals surface area contributed by atoms with E-state index in [1.54, 1.807) is 0 Å². The minimum absolute atomic E-state index is 0.366. The second-order valence-corrected chi connectivity index (χ2v) is 3.49. The Labute approximate surface area is 104 Å². The van der Waals surface area contributed by atoms with Crippen LogP contribution in [0.25, 0.3) is 0 Å². The summed E-state index contributed by atoms with van der Waals surface area (Å²) in [4.78, 5) is 11.9. The number of ether oxygens (including phenoxy) is 1. The van der Waals surface area contributed by atoms with Gasteiger partial charge in [0.15, 0.2) is 11.6 Å². The Kier molecular flexibility index (Phi) is 3.90. The Morgan fingerprint density at radius 3 is 3.00 bits per heavy atom. The molecule has 3 N–H and O–H groups in total. The lowest BCUT2D eigenvalue weighted by Gasteiger charge is -2.10. The molecule has 8 nitrogen and oxygen atoms in total. The van der Waals surface area contributed by atoms with Crippen LogP contribution < -0.4 is 15.8 Å². The summed E-state index contributed by atoms with van der Waals surface area (Å²) < 4.78 is 10.0. The van der Waals surface area contributed by atoms with Crippen LogP contribution in [0.5, 0.6) is 5.88 Å². The second-order valence-electron chi connectivity index (χ2n) is 3.49. The number of anilines is 2. The lowest BCUT2D eigenvalue weighted by Crippen LogP contribution is -2.09. The van der Waals surface area contributed by atoms with Crippen LogP contribution in [0.4, 0.5) is 11.5 Å². The number of rotatable bonds is 6. The van der Waals surface area contributed by atoms with E-state index in [0.717, 1.165) is 6.42 Å². The fourth-order valence-corrected chi connectivity index (χ4v) is 1.27. The Morgan fingerprint density at radius 1 is 1.39 bits per heavy atom. The average Bonchev–Trinajstić information content (AvgIpc) is 2.89. The fraction of sp³-hybridized carbons (Fsp3) is 0.400. The van der Waals surface area contributed by atoms with Gasteiger partial charge < -0.3 is 20.3 Å². The van der Waals surface area contributed by atoms with E-state index in [-0.39, 0.29) is 0 Å². The largest absolute Gasteiger partial charge is 0.476 e. The summed E-state index contributed by atoms with van der Waals surface area (Å²) >= 11 is 0. The summed E-state index contributed by atoms with van der Waals surface area (Å²) in [6.45, 7) is 2.93. The third kappa shape index (κ3) is 2.84. The molecule has 96 valence electrons. The predicted octanol–water partition coefficient (Wildman–Crippen LogP) is 0.843. The molecule has 0 fully saturated rings. The highest BCUT2D eigenvalue weighted by Crippen LogP contribution is 2.24. The summed E-state index contributed by atoms with van der Waals surface area (Å²) in [6.07, 6.45) is 3.53. The Hall–Kier alpha value is -2.38. The highest BCUT2D eigenvalue weighted by molar-refractivity contribution is 5.66. The van der Waals surface area contributed by atoms with Crippen molar-refractivity contribution in [3.05, 3.63) is 18.5 Å². The van der Waals surface area contributed by atoms with Gasteiger partial charge in [-0.2, -0.15) is 9.97 Å². The molecule has 0 atom stereocenters. The summed E-state index contributed by atoms with van der Waals surface area (Å²) in [6, 6.07) is 0. The number of aromatic nitrogens is 4. The van der Waals surface area contributed by atoms with Crippen molar-refractivity contribution in [2.24, 2.45) is 0 Å². The van der Waals surface area contributed by atoms with Crippen molar-refractivity contribution in [2.45, 2.75) is 19.9 Å². The molecule has 0 aliphatic carbocycles. The van der Waals surface area contributed by atoms with E-state index in [1.165, 1.54) is 12.7 Å². The zero-order chi connectivity index (χ0) is 12.8. The smallest absolute Gasteiger partial charge is 0.242 e. The fourth-order valence-electron chi connectivity index (χ4n) is 1.27. The SMILES string of the molecule is CCCOc1ncnc(NCc2ncon2)c1N. The molecule has 0 saturated carbocycles. The number of nitrogens with one attached hydrogen (secondary N) is 1. The zero-order valence-corrected chi connectivity index (χ0v) is 9.96. The molecule has 18 heavy (non-hydrogen) atoms. The number of nitrogens with two attached hydrogens (primary N) is 1. The van der Waals surface area contributed by atoms with Gasteiger partial charge in [0.25, 0.3) is 0 Å². The highest BCUT2D eigenvalue weighted by Gasteiger charge is 2.09. The lowest BCUT2D eigenvalue weighted by atomic mass is 10.4. The molecule has 2 heterocycles. The van der Waals surface area contributed by atoms with Crippen LogP contribution in [0.15, 0.2) is 17.2 Å². The topological polar surface area (TPSA) is 112 Å². The van der Waals surface area contributed by atoms with Crippen molar-refractivity contribution in [1.82, 2.24) is 20.1 Å². The maximum absolute atomic E-state index is 5.89. The molecule has 8 heteroatoms. The van der Waals surface area contributed by atoms with Crippen LogP contribution in [-0.2, 0) is 6.54 Å². The predicted molar refractivity (Wildman–Crippen MR) is 63.9 cm³/mol. The summed E-state index contributed by atoms with van der Waals surface area (Å²) in [7, 11) is 0. The second kappa shape index (κ2) is 5.80. The quantitative estimate of drug-likeness (QED) is 0.775. The Bertz CT molecular complexity index is 487. The van der Waals surface area contributed by atoms with Crippen LogP contribution in [0.2, 0.25) is 0 Å². The molecule has 0 saturated heterocycles. The first-order valence-corrected chi connectivity index (χ1v) is 5.53. The molecule has 0 radical (unpaired) electrons. The normalized spacial score (nSPS) is 10.3. The van der Waals surface area contributed by atoms with E-state index in [1.807, 2.05) is 6.92 Å². The minimum Gasteiger partial charge on any atom is -0.476 e. The van der Waals surface area contributed by atoms with Crippen molar-refractivity contribution in [3.63, 3.8) is 0 Å². The number of hydrogen-bond acceptors (Lipinski definition) is 8. The van der Waals surface area contributed by atoms with Crippen LogP contribution in [0.3, 0.4) is 0 Å². The summed E-state index contributed by atoms with van der Waals surface area (Å²) in [5, 5.41) is 6.66. The van der Waals surface area contributed by atoms with Gasteiger partial charge in [0.2, 0.25) is 12.3 Å². The van der Waals surface area contributed by atoms with Gasteiger partial charge in [0.1, 0.15) is 12.0 Å². The minimum atomic E-state index is 0.366. The molecular weight excluding hydrogens is 236 g/mol. The van der Waals surface area contributed by atoms with E-state index in [4.69, 9.17) is 10.5 Å². The van der Waals surface area contributed by atoms with Gasteiger partial charge in [0, 0.05) is 0 Å². The molecular formula is C10H14N6O2. The van der Waals surface area contributed by atoms with Crippen molar-refractivity contribution >= 4 is 11.5 Å². The summed E-state index contributed by atoms with van der Waals surface area (Å²) in [5.41, 5.74) is 6.26. The first-order chi connectivity index (χ1) is 8.81. The van der Waals surface area contributed by atoms with E-state index < -0.39 is 0 Å². The molecule has 0 aromatic carbocycles. The maximum atomic E-state index is 5.89. The summed E-state index contributed by atoms with van der Waals surface area (Å²) in [5.74, 6) is 1.38. The van der Waals surface area contributed by atoms with Crippen LogP contribution >= 0.6 is 0 Å². The van der Waals surface area contributed by atoms with E-state index in [0.29, 0.717) is 36.4 Å². The molecule has 2 rings (SSSR count). The highest BCUT2D eigenvalue weighted by atomic mass is 16.5. The van der Waals surface area contributed by atoms with Gasteiger partial charge in [-0.1, -0.05) is 12.1 Å². The average molecular weight is 250 g/mol. The van der Waals surface area contributed by atoms with E-state index in [2.05, 4.69) is 29.9 Å². The first-order valence-electron chi connectivity index (χ1n) is 5.53. The third-order valence-corrected chi connectivity index (χ3v) is 2.11. The molecule has 0 aliphatic heterocycles. The molecule has 0 bridgehead atoms. The first kappa shape index (κ1) is 12.1. The maximum Gasteiger partial charge on any atom is 0.242 e. The van der Waals surface area contributed by atoms with Crippen LogP contribution in [-0.4, -0.2) is 26.7 Å². The third-order valence-electron chi connectivity index (χ3n) is 2.11. The van der Waals surface area contributed by atoms with Crippen molar-refractivity contribution in [2.75, 3.05) is 17.7 Å². The lowest BCUT2D eigenvalue weighted by molar-refractivity contribution is 0.306. The van der Waals surface area contributed by atoms with E-state index >= 15 is 0 Å². The van der Waals surface area contributed by atoms with Crippen LogP contribution in [0.1, 0.15) is 19.2 Å². The van der Waals surface area contributed by atoms with Crippen LogP contribution in [0, 0.1) is 0 Å². The molecule has 2 aromatic rings. The number of nitrogen functional groups attached to an aromatic ring is 1. The monoisotopic (exact) mass is 250 g/mol. The molecule has 2 aromatic heterocycles. The molecule has 0 unspecified atom stereocenters. The van der Waals surface area contributed by atoms with Crippen molar-refractivity contribution in [3.8, 4) is 5.88 Å². The van der Waals surface area contributed by atoms with Gasteiger partial charge in [0.05, 0.1) is 13.2 Å². The number of hydrogen-bond donors (Lipinski definition) is 2. The Morgan fingerprint density at radius 2 is 2.28 bits per heavy atom. The number of nitrogens with zero attached hydrogens (tertiary/aromatic N) is 4. The van der Waals surface area contributed by atoms with Gasteiger partial charge in [-0.25, -0.2) is 4.98 Å². The van der Waals surface area contributed by atoms with Gasteiger partial charge in [-0.3, -0.25) is 0 Å². The molecule has 0 aliphatic rings. The van der Waals surface area contributed by atoms with Gasteiger partial charge >= 0.3 is 0 Å². The molecule has 0 spiro atoms. The standard InChI is InChI=1S/C10H14N6O2/c1-2-3-17-10-8(11)9(13-5-14-10)12-4-7-15-6-18-16-7/h5-6H,2-4,11H2,1H3,(H,12,13,14). The Balaban J connectivity index is 2.03. The zero-order valence-electron chi connectivity index (χ0n) is 9.96. The van der Waals surface area contributed by atoms with Gasteiger partial charge in [-0.15, -0.1) is 0 Å². The van der Waals surface area contributed by atoms with Crippen molar-refractivity contribution < 1.29 is 9.26 Å². The molecule has 0 amide bonds. The van der Waals surface area contributed by atoms with Crippen molar-refractivity contribution in [1.29, 1.82) is 0 Å². The van der Waals surface area contributed by atoms with E-state index in [9.17, 15) is 0 Å². The van der Waals surface area contributed by atoms with Gasteiger partial charge in [-0.05, 0) is 6.42 Å².